The van der Waals surface area contributed by atoms with Crippen LogP contribution in [0.3, 0.4) is 0 Å². The summed E-state index contributed by atoms with van der Waals surface area (Å²) < 4.78 is 15.9. The lowest BCUT2D eigenvalue weighted by molar-refractivity contribution is -0.123. The molecule has 3 aromatic rings. The molecule has 0 atom stereocenters. The summed E-state index contributed by atoms with van der Waals surface area (Å²) in [6.07, 6.45) is 0. The molecule has 1 heterocycles. The molecule has 146 valence electrons. The topological polar surface area (TPSA) is 90.7 Å². The zero-order chi connectivity index (χ0) is 20.5. The van der Waals surface area contributed by atoms with Crippen molar-refractivity contribution in [3.8, 4) is 23.0 Å². The second-order valence-electron chi connectivity index (χ2n) is 7.31. The molecule has 3 rings (SSSR count). The molecule has 0 fully saturated rings. The van der Waals surface area contributed by atoms with Crippen LogP contribution in [0, 0.1) is 5.41 Å². The minimum atomic E-state index is -0.522. The third kappa shape index (κ3) is 3.83. The first-order valence-corrected chi connectivity index (χ1v) is 8.71. The molecule has 0 spiro atoms. The highest BCUT2D eigenvalue weighted by Crippen LogP contribution is 2.31. The third-order valence-electron chi connectivity index (χ3n) is 4.20. The van der Waals surface area contributed by atoms with E-state index in [9.17, 15) is 9.59 Å². The van der Waals surface area contributed by atoms with Crippen molar-refractivity contribution in [2.45, 2.75) is 20.8 Å². The molecule has 1 amide bonds. The summed E-state index contributed by atoms with van der Waals surface area (Å²) in [5.74, 6) is 0.991. The molecule has 7 nitrogen and oxygen atoms in total. The van der Waals surface area contributed by atoms with Crippen molar-refractivity contribution in [1.29, 1.82) is 0 Å². The molecule has 7 heteroatoms. The zero-order valence-corrected chi connectivity index (χ0v) is 16.5. The highest BCUT2D eigenvalue weighted by molar-refractivity contribution is 5.94. The lowest BCUT2D eigenvalue weighted by Gasteiger charge is -2.17. The SMILES string of the molecule is COc1cc2nc(-c3ccc(NC(=O)C(C)(C)C)cc3)oc(=O)c2cc1OC. The van der Waals surface area contributed by atoms with Crippen molar-refractivity contribution >= 4 is 22.5 Å². The van der Waals surface area contributed by atoms with Crippen molar-refractivity contribution in [1.82, 2.24) is 4.98 Å². The van der Waals surface area contributed by atoms with Gasteiger partial charge in [0.25, 0.3) is 0 Å². The summed E-state index contributed by atoms with van der Waals surface area (Å²) in [6.45, 7) is 5.52. The summed E-state index contributed by atoms with van der Waals surface area (Å²) in [5, 5.41) is 3.15. The lowest BCUT2D eigenvalue weighted by atomic mass is 9.95. The number of aromatic nitrogens is 1. The number of carbonyl (C=O) groups is 1. The fraction of sp³-hybridized carbons (Fsp3) is 0.286. The Balaban J connectivity index is 1.97. The zero-order valence-electron chi connectivity index (χ0n) is 16.5. The van der Waals surface area contributed by atoms with Gasteiger partial charge in [-0.25, -0.2) is 9.78 Å². The number of amides is 1. The Labute approximate surface area is 162 Å². The largest absolute Gasteiger partial charge is 0.493 e. The number of hydrogen-bond acceptors (Lipinski definition) is 6. The standard InChI is InChI=1S/C21H22N2O5/c1-21(2,3)20(25)22-13-8-6-12(7-9-13)18-23-15-11-17(27-5)16(26-4)10-14(15)19(24)28-18/h6-11H,1-5H3,(H,22,25). The third-order valence-corrected chi connectivity index (χ3v) is 4.20. The van der Waals surface area contributed by atoms with Crippen LogP contribution in [0.2, 0.25) is 0 Å². The average Bonchev–Trinajstić information content (AvgIpc) is 2.66. The maximum absolute atomic E-state index is 12.4. The van der Waals surface area contributed by atoms with Gasteiger partial charge >= 0.3 is 5.63 Å². The van der Waals surface area contributed by atoms with Gasteiger partial charge in [0.1, 0.15) is 0 Å². The summed E-state index contributed by atoms with van der Waals surface area (Å²) in [6, 6.07) is 10.1. The summed E-state index contributed by atoms with van der Waals surface area (Å²) in [7, 11) is 3.01. The normalized spacial score (nSPS) is 11.3. The second-order valence-corrected chi connectivity index (χ2v) is 7.31. The number of methoxy groups -OCH3 is 2. The molecule has 0 unspecified atom stereocenters. The van der Waals surface area contributed by atoms with Crippen LogP contribution in [-0.2, 0) is 4.79 Å². The van der Waals surface area contributed by atoms with Crippen molar-refractivity contribution in [3.05, 3.63) is 46.8 Å². The smallest absolute Gasteiger partial charge is 0.347 e. The van der Waals surface area contributed by atoms with Crippen LogP contribution in [-0.4, -0.2) is 25.1 Å². The number of carbonyl (C=O) groups excluding carboxylic acids is 1. The minimum Gasteiger partial charge on any atom is -0.493 e. The predicted octanol–water partition coefficient (Wildman–Crippen LogP) is 3.86. The van der Waals surface area contributed by atoms with Crippen LogP contribution in [0.4, 0.5) is 5.69 Å². The van der Waals surface area contributed by atoms with E-state index >= 15 is 0 Å². The van der Waals surface area contributed by atoms with Gasteiger partial charge < -0.3 is 19.2 Å². The van der Waals surface area contributed by atoms with Gasteiger partial charge in [-0.2, -0.15) is 0 Å². The van der Waals surface area contributed by atoms with E-state index in [1.54, 1.807) is 36.4 Å². The number of nitrogens with one attached hydrogen (secondary N) is 1. The van der Waals surface area contributed by atoms with Crippen LogP contribution in [0.1, 0.15) is 20.8 Å². The molecule has 0 aliphatic heterocycles. The number of nitrogens with zero attached hydrogens (tertiary/aromatic N) is 1. The van der Waals surface area contributed by atoms with Crippen LogP contribution < -0.4 is 20.4 Å². The Kier molecular flexibility index (Phi) is 5.09. The van der Waals surface area contributed by atoms with E-state index in [0.717, 1.165) is 0 Å². The molecule has 1 aromatic heterocycles. The maximum atomic E-state index is 12.4. The van der Waals surface area contributed by atoms with E-state index in [1.165, 1.54) is 14.2 Å². The Morgan fingerprint density at radius 3 is 2.21 bits per heavy atom. The Hall–Kier alpha value is -3.35. The predicted molar refractivity (Wildman–Crippen MR) is 107 cm³/mol. The molecular formula is C21H22N2O5. The number of anilines is 1. The lowest BCUT2D eigenvalue weighted by Crippen LogP contribution is -2.27. The fourth-order valence-corrected chi connectivity index (χ4v) is 2.54. The van der Waals surface area contributed by atoms with Crippen LogP contribution in [0.15, 0.2) is 45.6 Å². The fourth-order valence-electron chi connectivity index (χ4n) is 2.54. The first kappa shape index (κ1) is 19.4. The summed E-state index contributed by atoms with van der Waals surface area (Å²) in [4.78, 5) is 28.9. The van der Waals surface area contributed by atoms with Crippen LogP contribution in [0.5, 0.6) is 11.5 Å². The molecule has 0 bridgehead atoms. The molecule has 0 radical (unpaired) electrons. The molecule has 0 saturated heterocycles. The van der Waals surface area contributed by atoms with E-state index in [0.29, 0.717) is 33.7 Å². The van der Waals surface area contributed by atoms with Gasteiger partial charge in [0.2, 0.25) is 11.8 Å². The van der Waals surface area contributed by atoms with Gasteiger partial charge in [0.15, 0.2) is 11.5 Å². The Morgan fingerprint density at radius 1 is 1.04 bits per heavy atom. The molecule has 1 N–H and O–H groups in total. The number of fused-ring (bicyclic) bond motifs is 1. The quantitative estimate of drug-likeness (QED) is 0.737. The van der Waals surface area contributed by atoms with Crippen molar-refractivity contribution in [3.63, 3.8) is 0 Å². The summed E-state index contributed by atoms with van der Waals surface area (Å²) >= 11 is 0. The highest BCUT2D eigenvalue weighted by atomic mass is 16.5. The van der Waals surface area contributed by atoms with Gasteiger partial charge in [0, 0.05) is 28.8 Å². The number of hydrogen-bond donors (Lipinski definition) is 1. The molecule has 0 saturated carbocycles. The van der Waals surface area contributed by atoms with Crippen molar-refractivity contribution in [2.75, 3.05) is 19.5 Å². The van der Waals surface area contributed by atoms with E-state index in [4.69, 9.17) is 13.9 Å². The van der Waals surface area contributed by atoms with Crippen LogP contribution >= 0.6 is 0 Å². The molecule has 28 heavy (non-hydrogen) atoms. The number of ether oxygens (including phenoxy) is 2. The number of benzene rings is 2. The van der Waals surface area contributed by atoms with Crippen LogP contribution in [0.25, 0.3) is 22.4 Å². The average molecular weight is 382 g/mol. The highest BCUT2D eigenvalue weighted by Gasteiger charge is 2.21. The first-order chi connectivity index (χ1) is 13.2. The molecule has 0 aliphatic carbocycles. The molecule has 2 aromatic carbocycles. The van der Waals surface area contributed by atoms with Gasteiger partial charge in [-0.3, -0.25) is 4.79 Å². The monoisotopic (exact) mass is 382 g/mol. The Bertz CT molecular complexity index is 1080. The minimum absolute atomic E-state index is 0.0864. The molecular weight excluding hydrogens is 360 g/mol. The summed E-state index contributed by atoms with van der Waals surface area (Å²) in [5.41, 5.74) is 0.687. The number of rotatable bonds is 4. The first-order valence-electron chi connectivity index (χ1n) is 8.71. The van der Waals surface area contributed by atoms with E-state index < -0.39 is 11.0 Å². The van der Waals surface area contributed by atoms with Crippen molar-refractivity contribution in [2.24, 2.45) is 5.41 Å². The van der Waals surface area contributed by atoms with Crippen molar-refractivity contribution < 1.29 is 18.7 Å². The van der Waals surface area contributed by atoms with Gasteiger partial charge in [-0.1, -0.05) is 20.8 Å². The van der Waals surface area contributed by atoms with E-state index in [2.05, 4.69) is 10.3 Å². The van der Waals surface area contributed by atoms with E-state index in [-0.39, 0.29) is 11.8 Å². The second kappa shape index (κ2) is 7.34. The van der Waals surface area contributed by atoms with Gasteiger partial charge in [0.05, 0.1) is 25.1 Å². The van der Waals surface area contributed by atoms with E-state index in [1.807, 2.05) is 20.8 Å². The Morgan fingerprint density at radius 2 is 1.64 bits per heavy atom. The molecule has 0 aliphatic rings. The van der Waals surface area contributed by atoms with Gasteiger partial charge in [-0.15, -0.1) is 0 Å². The maximum Gasteiger partial charge on any atom is 0.347 e. The van der Waals surface area contributed by atoms with Gasteiger partial charge in [-0.05, 0) is 24.3 Å².